The summed E-state index contributed by atoms with van der Waals surface area (Å²) < 4.78 is 13.9. The zero-order valence-corrected chi connectivity index (χ0v) is 11.5. The lowest BCUT2D eigenvalue weighted by molar-refractivity contribution is 0.0701. The highest BCUT2D eigenvalue weighted by molar-refractivity contribution is 7.21. The molecule has 0 bridgehead atoms. The molecule has 0 atom stereocenters. The number of thiophene rings is 1. The summed E-state index contributed by atoms with van der Waals surface area (Å²) >= 11 is 1.28. The molecule has 0 spiro atoms. The number of benzene rings is 2. The number of hydrogen-bond donors (Lipinski definition) is 1. The van der Waals surface area contributed by atoms with Gasteiger partial charge in [0.1, 0.15) is 10.7 Å². The van der Waals surface area contributed by atoms with E-state index in [0.29, 0.717) is 4.88 Å². The molecule has 0 amide bonds. The van der Waals surface area contributed by atoms with Crippen molar-refractivity contribution in [2.45, 2.75) is 6.92 Å². The zero-order valence-electron chi connectivity index (χ0n) is 10.7. The monoisotopic (exact) mass is 286 g/mol. The smallest absolute Gasteiger partial charge is 0.346 e. The van der Waals surface area contributed by atoms with Crippen molar-refractivity contribution in [2.75, 3.05) is 0 Å². The van der Waals surface area contributed by atoms with Crippen LogP contribution in [0.25, 0.3) is 21.2 Å². The Morgan fingerprint density at radius 2 is 1.75 bits per heavy atom. The van der Waals surface area contributed by atoms with Crippen LogP contribution < -0.4 is 0 Å². The first-order valence-electron chi connectivity index (χ1n) is 6.08. The van der Waals surface area contributed by atoms with E-state index in [1.807, 2.05) is 25.1 Å². The lowest BCUT2D eigenvalue weighted by Gasteiger charge is -2.02. The van der Waals surface area contributed by atoms with E-state index in [1.54, 1.807) is 12.1 Å². The Morgan fingerprint density at radius 1 is 1.10 bits per heavy atom. The van der Waals surface area contributed by atoms with Gasteiger partial charge in [0.2, 0.25) is 0 Å². The lowest BCUT2D eigenvalue weighted by Crippen LogP contribution is -1.93. The third-order valence-electron chi connectivity index (χ3n) is 3.31. The van der Waals surface area contributed by atoms with Crippen molar-refractivity contribution in [3.63, 3.8) is 0 Å². The summed E-state index contributed by atoms with van der Waals surface area (Å²) in [4.78, 5) is 11.5. The van der Waals surface area contributed by atoms with Crippen LogP contribution in [0.2, 0.25) is 0 Å². The summed E-state index contributed by atoms with van der Waals surface area (Å²) in [6, 6.07) is 12.1. The van der Waals surface area contributed by atoms with Crippen LogP contribution in [-0.4, -0.2) is 11.1 Å². The van der Waals surface area contributed by atoms with Crippen LogP contribution in [0, 0.1) is 12.7 Å². The van der Waals surface area contributed by atoms with Crippen molar-refractivity contribution in [3.05, 3.63) is 58.7 Å². The maximum atomic E-state index is 12.9. The van der Waals surface area contributed by atoms with Crippen molar-refractivity contribution in [1.29, 1.82) is 0 Å². The minimum atomic E-state index is -0.896. The van der Waals surface area contributed by atoms with E-state index in [2.05, 4.69) is 0 Å². The van der Waals surface area contributed by atoms with Gasteiger partial charge in [-0.2, -0.15) is 0 Å². The number of carboxylic acid groups (broad SMARTS) is 1. The molecule has 0 fully saturated rings. The van der Waals surface area contributed by atoms with Crippen molar-refractivity contribution >= 4 is 27.4 Å². The van der Waals surface area contributed by atoms with Gasteiger partial charge in [-0.3, -0.25) is 0 Å². The van der Waals surface area contributed by atoms with E-state index < -0.39 is 5.97 Å². The highest BCUT2D eigenvalue weighted by Crippen LogP contribution is 2.34. The Hall–Kier alpha value is -2.20. The van der Waals surface area contributed by atoms with E-state index >= 15 is 0 Å². The highest BCUT2D eigenvalue weighted by atomic mass is 32.1. The molecule has 1 N–H and O–H groups in total. The second-order valence-electron chi connectivity index (χ2n) is 4.58. The molecule has 20 heavy (non-hydrogen) atoms. The minimum absolute atomic E-state index is 0.269. The fourth-order valence-electron chi connectivity index (χ4n) is 2.25. The molecule has 2 nitrogen and oxygen atoms in total. The summed E-state index contributed by atoms with van der Waals surface area (Å²) in [7, 11) is 0. The highest BCUT2D eigenvalue weighted by Gasteiger charge is 2.14. The lowest BCUT2D eigenvalue weighted by atomic mass is 10.0. The zero-order chi connectivity index (χ0) is 14.3. The van der Waals surface area contributed by atoms with Crippen LogP contribution in [0.1, 0.15) is 15.2 Å². The Labute approximate surface area is 119 Å². The largest absolute Gasteiger partial charge is 0.477 e. The van der Waals surface area contributed by atoms with Crippen molar-refractivity contribution in [3.8, 4) is 11.1 Å². The van der Waals surface area contributed by atoms with E-state index in [1.165, 1.54) is 23.5 Å². The average Bonchev–Trinajstić information content (AvgIpc) is 2.77. The molecule has 0 saturated carbocycles. The molecule has 4 heteroatoms. The topological polar surface area (TPSA) is 37.3 Å². The quantitative estimate of drug-likeness (QED) is 0.740. The van der Waals surface area contributed by atoms with E-state index in [4.69, 9.17) is 5.11 Å². The molecular formula is C16H11FO2S. The molecule has 3 rings (SSSR count). The van der Waals surface area contributed by atoms with E-state index in [0.717, 1.165) is 26.8 Å². The molecule has 0 unspecified atom stereocenters. The Bertz CT molecular complexity index is 803. The predicted octanol–water partition coefficient (Wildman–Crippen LogP) is 4.71. The van der Waals surface area contributed by atoms with Crippen molar-refractivity contribution in [2.24, 2.45) is 0 Å². The normalized spacial score (nSPS) is 10.9. The van der Waals surface area contributed by atoms with Crippen LogP contribution in [0.15, 0.2) is 42.5 Å². The van der Waals surface area contributed by atoms with Crippen LogP contribution >= 0.6 is 11.3 Å². The molecule has 0 aliphatic rings. The first-order chi connectivity index (χ1) is 9.56. The summed E-state index contributed by atoms with van der Waals surface area (Å²) in [5.74, 6) is -1.17. The number of carboxylic acids is 1. The molecule has 2 aromatic carbocycles. The molecule has 1 heterocycles. The van der Waals surface area contributed by atoms with E-state index in [-0.39, 0.29) is 5.82 Å². The summed E-state index contributed by atoms with van der Waals surface area (Å²) in [6.45, 7) is 1.82. The third kappa shape index (κ3) is 2.08. The summed E-state index contributed by atoms with van der Waals surface area (Å²) in [5, 5.41) is 10.1. The molecule has 0 aliphatic heterocycles. The van der Waals surface area contributed by atoms with Gasteiger partial charge in [0.25, 0.3) is 0 Å². The van der Waals surface area contributed by atoms with Crippen LogP contribution in [-0.2, 0) is 0 Å². The fourth-order valence-corrected chi connectivity index (χ4v) is 3.28. The van der Waals surface area contributed by atoms with Gasteiger partial charge in [-0.15, -0.1) is 11.3 Å². The van der Waals surface area contributed by atoms with Gasteiger partial charge in [0.15, 0.2) is 0 Å². The molecule has 0 radical (unpaired) electrons. The van der Waals surface area contributed by atoms with Gasteiger partial charge in [0, 0.05) is 4.70 Å². The maximum Gasteiger partial charge on any atom is 0.346 e. The number of halogens is 1. The summed E-state index contributed by atoms with van der Waals surface area (Å²) in [6.07, 6.45) is 0. The third-order valence-corrected chi connectivity index (χ3v) is 4.57. The number of aryl methyl sites for hydroxylation is 1. The Morgan fingerprint density at radius 3 is 2.40 bits per heavy atom. The van der Waals surface area contributed by atoms with Crippen LogP contribution in [0.4, 0.5) is 4.39 Å². The van der Waals surface area contributed by atoms with Gasteiger partial charge in [0.05, 0.1) is 0 Å². The van der Waals surface area contributed by atoms with Gasteiger partial charge < -0.3 is 5.11 Å². The van der Waals surface area contributed by atoms with Gasteiger partial charge >= 0.3 is 5.97 Å². The number of rotatable bonds is 2. The molecule has 100 valence electrons. The van der Waals surface area contributed by atoms with Crippen molar-refractivity contribution in [1.82, 2.24) is 0 Å². The fraction of sp³-hybridized carbons (Fsp3) is 0.0625. The second-order valence-corrected chi connectivity index (χ2v) is 5.63. The second kappa shape index (κ2) is 4.72. The number of carbonyl (C=O) groups is 1. The predicted molar refractivity (Wildman–Crippen MR) is 78.9 cm³/mol. The molecule has 0 aliphatic carbocycles. The first-order valence-corrected chi connectivity index (χ1v) is 6.90. The maximum absolute atomic E-state index is 12.9. The SMILES string of the molecule is Cc1c(C(=O)O)sc2ccc(-c3ccc(F)cc3)cc12. The number of aromatic carboxylic acids is 1. The Kier molecular flexibility index (Phi) is 3.03. The van der Waals surface area contributed by atoms with Gasteiger partial charge in [-0.1, -0.05) is 18.2 Å². The summed E-state index contributed by atoms with van der Waals surface area (Å²) in [5.41, 5.74) is 2.65. The molecule has 0 saturated heterocycles. The standard InChI is InChI=1S/C16H11FO2S/c1-9-13-8-11(10-2-5-12(17)6-3-10)4-7-14(13)20-15(9)16(18)19/h2-8H,1H3,(H,18,19). The van der Waals surface area contributed by atoms with Crippen LogP contribution in [0.3, 0.4) is 0 Å². The minimum Gasteiger partial charge on any atom is -0.477 e. The molecule has 1 aromatic heterocycles. The molecular weight excluding hydrogens is 275 g/mol. The van der Waals surface area contributed by atoms with E-state index in [9.17, 15) is 9.18 Å². The van der Waals surface area contributed by atoms with Gasteiger partial charge in [-0.05, 0) is 53.3 Å². The molecule has 3 aromatic rings. The van der Waals surface area contributed by atoms with Crippen molar-refractivity contribution < 1.29 is 14.3 Å². The Balaban J connectivity index is 2.17. The number of fused-ring (bicyclic) bond motifs is 1. The average molecular weight is 286 g/mol. The van der Waals surface area contributed by atoms with Crippen LogP contribution in [0.5, 0.6) is 0 Å². The van der Waals surface area contributed by atoms with Gasteiger partial charge in [-0.25, -0.2) is 9.18 Å². The number of hydrogen-bond acceptors (Lipinski definition) is 2. The first kappa shape index (κ1) is 12.8.